The molecule has 1 aliphatic rings. The molecule has 1 aromatic heterocycles. The fraction of sp³-hybridized carbons (Fsp3) is 0.227. The van der Waals surface area contributed by atoms with Gasteiger partial charge in [-0.2, -0.15) is 0 Å². The lowest BCUT2D eigenvalue weighted by molar-refractivity contribution is 0.0942. The first-order valence-electron chi connectivity index (χ1n) is 8.99. The van der Waals surface area contributed by atoms with Crippen molar-refractivity contribution in [3.63, 3.8) is 0 Å². The Morgan fingerprint density at radius 2 is 1.77 bits per heavy atom. The van der Waals surface area contributed by atoms with Gasteiger partial charge >= 0.3 is 0 Å². The Hall–Kier alpha value is -2.43. The number of nitrogens with one attached hydrogen (secondary N) is 1. The fourth-order valence-corrected chi connectivity index (χ4v) is 4.34. The number of benzene rings is 2. The number of nitrogens with zero attached hydrogens (tertiary/aromatic N) is 1. The van der Waals surface area contributed by atoms with Crippen molar-refractivity contribution in [1.82, 2.24) is 10.2 Å². The van der Waals surface area contributed by atoms with Gasteiger partial charge in [-0.1, -0.05) is 60.7 Å². The molecule has 0 saturated carbocycles. The molecule has 1 saturated heterocycles. The SMILES string of the molecule is O=C(N[C@H]1CCN(Cc2ccccc2)C1)c1sccc1-c1ccccc1. The fourth-order valence-electron chi connectivity index (χ4n) is 3.52. The van der Waals surface area contributed by atoms with Gasteiger partial charge in [0.2, 0.25) is 0 Å². The maximum Gasteiger partial charge on any atom is 0.262 e. The summed E-state index contributed by atoms with van der Waals surface area (Å²) in [6.45, 7) is 2.88. The number of rotatable bonds is 5. The second kappa shape index (κ2) is 7.85. The van der Waals surface area contributed by atoms with E-state index in [4.69, 9.17) is 0 Å². The molecular formula is C22H22N2OS. The van der Waals surface area contributed by atoms with Crippen LogP contribution in [0.2, 0.25) is 0 Å². The second-order valence-corrected chi connectivity index (χ2v) is 7.63. The highest BCUT2D eigenvalue weighted by molar-refractivity contribution is 7.12. The van der Waals surface area contributed by atoms with E-state index in [1.807, 2.05) is 35.7 Å². The van der Waals surface area contributed by atoms with Crippen LogP contribution >= 0.6 is 11.3 Å². The minimum absolute atomic E-state index is 0.0467. The Bertz CT molecular complexity index is 860. The first-order valence-corrected chi connectivity index (χ1v) is 9.87. The van der Waals surface area contributed by atoms with E-state index in [1.54, 1.807) is 0 Å². The van der Waals surface area contributed by atoms with Gasteiger partial charge in [0.05, 0.1) is 4.88 Å². The summed E-state index contributed by atoms with van der Waals surface area (Å²) in [6, 6.07) is 22.9. The van der Waals surface area contributed by atoms with Crippen LogP contribution in [0, 0.1) is 0 Å². The predicted molar refractivity (Wildman–Crippen MR) is 107 cm³/mol. The molecule has 26 heavy (non-hydrogen) atoms. The van der Waals surface area contributed by atoms with E-state index in [1.165, 1.54) is 16.9 Å². The van der Waals surface area contributed by atoms with Crippen LogP contribution in [-0.2, 0) is 6.54 Å². The summed E-state index contributed by atoms with van der Waals surface area (Å²) in [6.07, 6.45) is 1.00. The van der Waals surface area contributed by atoms with E-state index in [0.717, 1.165) is 42.1 Å². The lowest BCUT2D eigenvalue weighted by atomic mass is 10.1. The van der Waals surface area contributed by atoms with E-state index in [2.05, 4.69) is 46.6 Å². The van der Waals surface area contributed by atoms with Crippen LogP contribution in [0.25, 0.3) is 11.1 Å². The van der Waals surface area contributed by atoms with Gasteiger partial charge in [0.1, 0.15) is 0 Å². The zero-order chi connectivity index (χ0) is 17.8. The summed E-state index contributed by atoms with van der Waals surface area (Å²) in [5.74, 6) is 0.0467. The quantitative estimate of drug-likeness (QED) is 0.729. The molecule has 1 aliphatic heterocycles. The van der Waals surface area contributed by atoms with Crippen LogP contribution in [0.1, 0.15) is 21.7 Å². The molecule has 3 nitrogen and oxygen atoms in total. The highest BCUT2D eigenvalue weighted by atomic mass is 32.1. The number of hydrogen-bond acceptors (Lipinski definition) is 3. The summed E-state index contributed by atoms with van der Waals surface area (Å²) in [4.78, 5) is 16.0. The van der Waals surface area contributed by atoms with Crippen molar-refractivity contribution in [1.29, 1.82) is 0 Å². The van der Waals surface area contributed by atoms with E-state index in [9.17, 15) is 4.79 Å². The Balaban J connectivity index is 1.38. The molecule has 2 aromatic carbocycles. The molecule has 0 aliphatic carbocycles. The van der Waals surface area contributed by atoms with Crippen molar-refractivity contribution in [2.24, 2.45) is 0 Å². The van der Waals surface area contributed by atoms with E-state index in [0.29, 0.717) is 0 Å². The Morgan fingerprint density at radius 1 is 1.04 bits per heavy atom. The van der Waals surface area contributed by atoms with Crippen LogP contribution in [0.5, 0.6) is 0 Å². The number of carbonyl (C=O) groups excluding carboxylic acids is 1. The molecule has 1 amide bonds. The van der Waals surface area contributed by atoms with Crippen LogP contribution in [-0.4, -0.2) is 29.9 Å². The zero-order valence-electron chi connectivity index (χ0n) is 14.6. The van der Waals surface area contributed by atoms with Crippen molar-refractivity contribution in [2.45, 2.75) is 19.0 Å². The highest BCUT2D eigenvalue weighted by Gasteiger charge is 2.25. The van der Waals surface area contributed by atoms with Gasteiger partial charge in [0, 0.05) is 31.2 Å². The number of thiophene rings is 1. The molecule has 3 aromatic rings. The summed E-state index contributed by atoms with van der Waals surface area (Å²) in [7, 11) is 0. The maximum atomic E-state index is 12.8. The molecule has 2 heterocycles. The third kappa shape index (κ3) is 3.87. The highest BCUT2D eigenvalue weighted by Crippen LogP contribution is 2.28. The molecule has 1 fully saturated rings. The zero-order valence-corrected chi connectivity index (χ0v) is 15.4. The second-order valence-electron chi connectivity index (χ2n) is 6.71. The smallest absolute Gasteiger partial charge is 0.262 e. The summed E-state index contributed by atoms with van der Waals surface area (Å²) >= 11 is 1.51. The summed E-state index contributed by atoms with van der Waals surface area (Å²) in [5, 5.41) is 5.23. The van der Waals surface area contributed by atoms with E-state index < -0.39 is 0 Å². The minimum Gasteiger partial charge on any atom is -0.347 e. The van der Waals surface area contributed by atoms with Gasteiger partial charge < -0.3 is 5.32 Å². The molecule has 132 valence electrons. The van der Waals surface area contributed by atoms with Crippen LogP contribution in [0.3, 0.4) is 0 Å². The number of amides is 1. The molecule has 0 bridgehead atoms. The van der Waals surface area contributed by atoms with E-state index >= 15 is 0 Å². The predicted octanol–water partition coefficient (Wildman–Crippen LogP) is 4.42. The molecule has 1 N–H and O–H groups in total. The molecular weight excluding hydrogens is 340 g/mol. The van der Waals surface area contributed by atoms with Crippen molar-refractivity contribution in [3.8, 4) is 11.1 Å². The van der Waals surface area contributed by atoms with Crippen LogP contribution in [0.4, 0.5) is 0 Å². The molecule has 4 heteroatoms. The number of hydrogen-bond donors (Lipinski definition) is 1. The van der Waals surface area contributed by atoms with Crippen molar-refractivity contribution < 1.29 is 4.79 Å². The molecule has 4 rings (SSSR count). The van der Waals surface area contributed by atoms with Gasteiger partial charge in [-0.25, -0.2) is 0 Å². The van der Waals surface area contributed by atoms with Gasteiger partial charge in [0.15, 0.2) is 0 Å². The van der Waals surface area contributed by atoms with Crippen molar-refractivity contribution in [2.75, 3.05) is 13.1 Å². The minimum atomic E-state index is 0.0467. The van der Waals surface area contributed by atoms with Gasteiger partial charge in [-0.3, -0.25) is 9.69 Å². The first-order chi connectivity index (χ1) is 12.8. The third-order valence-electron chi connectivity index (χ3n) is 4.81. The first kappa shape index (κ1) is 17.0. The van der Waals surface area contributed by atoms with Crippen molar-refractivity contribution in [3.05, 3.63) is 82.6 Å². The average molecular weight is 362 g/mol. The Morgan fingerprint density at radius 3 is 2.54 bits per heavy atom. The standard InChI is InChI=1S/C22H22N2OS/c25-22(21-20(12-14-26-21)18-9-5-2-6-10-18)23-19-11-13-24(16-19)15-17-7-3-1-4-8-17/h1-10,12,14,19H,11,13,15-16H2,(H,23,25)/t19-/m0/s1. The van der Waals surface area contributed by atoms with Crippen LogP contribution < -0.4 is 5.32 Å². The molecule has 0 unspecified atom stereocenters. The lowest BCUT2D eigenvalue weighted by Gasteiger charge is -2.17. The topological polar surface area (TPSA) is 32.3 Å². The summed E-state index contributed by atoms with van der Waals surface area (Å²) < 4.78 is 0. The molecule has 0 radical (unpaired) electrons. The van der Waals surface area contributed by atoms with Gasteiger partial charge in [-0.15, -0.1) is 11.3 Å². The Kier molecular flexibility index (Phi) is 5.14. The normalized spacial score (nSPS) is 17.3. The monoisotopic (exact) mass is 362 g/mol. The van der Waals surface area contributed by atoms with Gasteiger partial charge in [-0.05, 0) is 29.0 Å². The van der Waals surface area contributed by atoms with Gasteiger partial charge in [0.25, 0.3) is 5.91 Å². The third-order valence-corrected chi connectivity index (χ3v) is 5.73. The largest absolute Gasteiger partial charge is 0.347 e. The van der Waals surface area contributed by atoms with Crippen LogP contribution in [0.15, 0.2) is 72.1 Å². The molecule has 1 atom stereocenters. The van der Waals surface area contributed by atoms with E-state index in [-0.39, 0.29) is 11.9 Å². The number of carbonyl (C=O) groups is 1. The molecule has 0 spiro atoms. The summed E-state index contributed by atoms with van der Waals surface area (Å²) in [5.41, 5.74) is 3.44. The lowest BCUT2D eigenvalue weighted by Crippen LogP contribution is -2.36. The maximum absolute atomic E-state index is 12.8. The average Bonchev–Trinajstić information content (AvgIpc) is 3.33. The van der Waals surface area contributed by atoms with Crippen molar-refractivity contribution >= 4 is 17.2 Å². The Labute approximate surface area is 158 Å². The number of likely N-dealkylation sites (tertiary alicyclic amines) is 1.